The minimum atomic E-state index is -1.87. The van der Waals surface area contributed by atoms with Crippen LogP contribution in [0, 0.1) is 0 Å². The van der Waals surface area contributed by atoms with Crippen molar-refractivity contribution in [1.82, 2.24) is 4.90 Å². The minimum absolute atomic E-state index is 0.0813. The van der Waals surface area contributed by atoms with Crippen LogP contribution >= 0.6 is 0 Å². The molecule has 1 heterocycles. The van der Waals surface area contributed by atoms with Gasteiger partial charge in [0, 0.05) is 6.54 Å². The van der Waals surface area contributed by atoms with Gasteiger partial charge in [0.1, 0.15) is 0 Å². The molecule has 0 aromatic heterocycles. The highest BCUT2D eigenvalue weighted by molar-refractivity contribution is 6.35. The third-order valence-corrected chi connectivity index (χ3v) is 1.66. The van der Waals surface area contributed by atoms with Crippen molar-refractivity contribution < 1.29 is 29.9 Å². The van der Waals surface area contributed by atoms with Gasteiger partial charge in [0.05, 0.1) is 6.54 Å². The Labute approximate surface area is 78.0 Å². The number of nitrogens with zero attached hydrogens (tertiary/aromatic N) is 2. The van der Waals surface area contributed by atoms with Crippen LogP contribution in [0.2, 0.25) is 0 Å². The number of aliphatic hydroxyl groups is 1. The average Bonchev–Trinajstić information content (AvgIpc) is 2.63. The molecule has 1 unspecified atom stereocenters. The molecule has 1 rings (SSSR count). The molecule has 0 saturated heterocycles. The number of aliphatic hydroxyl groups excluding tert-OH is 1. The Kier molecular flexibility index (Phi) is 2.99. The van der Waals surface area contributed by atoms with Crippen LogP contribution in [0.4, 0.5) is 0 Å². The molecule has 14 heavy (non-hydrogen) atoms. The standard InChI is InChI=1S/C6H8N2O6/c9-4(5(10)11)8-2-1-7-3(8)6(12)14-13/h4,9,13H,1-2H2,(H,10,11). The van der Waals surface area contributed by atoms with Gasteiger partial charge in [0.15, 0.2) is 0 Å². The maximum absolute atomic E-state index is 10.8. The Morgan fingerprint density at radius 1 is 1.57 bits per heavy atom. The van der Waals surface area contributed by atoms with E-state index in [1.807, 2.05) is 0 Å². The number of hydrogen-bond donors (Lipinski definition) is 3. The van der Waals surface area contributed by atoms with E-state index < -0.39 is 24.0 Å². The number of carbonyl (C=O) groups is 2. The maximum Gasteiger partial charge on any atom is 0.407 e. The third kappa shape index (κ3) is 1.80. The van der Waals surface area contributed by atoms with E-state index in [1.54, 1.807) is 0 Å². The molecule has 0 saturated carbocycles. The third-order valence-electron chi connectivity index (χ3n) is 1.66. The van der Waals surface area contributed by atoms with Crippen LogP contribution in [0.15, 0.2) is 4.99 Å². The summed E-state index contributed by atoms with van der Waals surface area (Å²) in [5, 5.41) is 25.6. The van der Waals surface area contributed by atoms with Gasteiger partial charge in [-0.15, -0.1) is 0 Å². The molecule has 3 N–H and O–H groups in total. The molecule has 0 spiro atoms. The van der Waals surface area contributed by atoms with Crippen molar-refractivity contribution in [1.29, 1.82) is 0 Å². The first-order valence-corrected chi connectivity index (χ1v) is 3.65. The molecule has 0 bridgehead atoms. The Hall–Kier alpha value is -1.67. The van der Waals surface area contributed by atoms with Crippen LogP contribution < -0.4 is 0 Å². The topological polar surface area (TPSA) is 120 Å². The molecule has 78 valence electrons. The first-order chi connectivity index (χ1) is 6.57. The van der Waals surface area contributed by atoms with E-state index in [-0.39, 0.29) is 13.1 Å². The normalized spacial score (nSPS) is 17.6. The van der Waals surface area contributed by atoms with Gasteiger partial charge in [-0.25, -0.2) is 9.59 Å². The van der Waals surface area contributed by atoms with Crippen molar-refractivity contribution in [3.8, 4) is 0 Å². The van der Waals surface area contributed by atoms with Crippen molar-refractivity contribution in [3.63, 3.8) is 0 Å². The fourth-order valence-corrected chi connectivity index (χ4v) is 1.05. The second kappa shape index (κ2) is 4.03. The van der Waals surface area contributed by atoms with E-state index in [1.165, 1.54) is 0 Å². The van der Waals surface area contributed by atoms with Crippen LogP contribution in [0.25, 0.3) is 0 Å². The average molecular weight is 204 g/mol. The molecule has 8 heteroatoms. The zero-order valence-corrected chi connectivity index (χ0v) is 6.95. The highest BCUT2D eigenvalue weighted by atomic mass is 17.1. The quantitative estimate of drug-likeness (QED) is 0.363. The molecule has 1 aliphatic rings. The van der Waals surface area contributed by atoms with Crippen molar-refractivity contribution in [3.05, 3.63) is 0 Å². The van der Waals surface area contributed by atoms with Crippen molar-refractivity contribution in [2.45, 2.75) is 6.23 Å². The maximum atomic E-state index is 10.8. The second-order valence-electron chi connectivity index (χ2n) is 2.49. The molecule has 1 atom stereocenters. The lowest BCUT2D eigenvalue weighted by Crippen LogP contribution is -2.46. The molecule has 0 aromatic carbocycles. The van der Waals surface area contributed by atoms with Crippen molar-refractivity contribution in [2.75, 3.05) is 13.1 Å². The predicted molar refractivity (Wildman–Crippen MR) is 41.4 cm³/mol. The van der Waals surface area contributed by atoms with Gasteiger partial charge in [-0.3, -0.25) is 9.88 Å². The number of hydrogen-bond acceptors (Lipinski definition) is 7. The summed E-state index contributed by atoms with van der Waals surface area (Å²) in [6, 6.07) is 0. The first kappa shape index (κ1) is 10.4. The number of carboxylic acids is 1. The van der Waals surface area contributed by atoms with E-state index in [0.717, 1.165) is 4.90 Å². The van der Waals surface area contributed by atoms with Crippen LogP contribution in [-0.4, -0.2) is 57.5 Å². The molecule has 0 aromatic rings. The Bertz CT molecular complexity index is 288. The number of aliphatic carboxylic acids is 1. The summed E-state index contributed by atoms with van der Waals surface area (Å²) in [7, 11) is 0. The van der Waals surface area contributed by atoms with Crippen LogP contribution in [-0.2, 0) is 14.5 Å². The molecule has 0 aliphatic carbocycles. The molecule has 0 radical (unpaired) electrons. The van der Waals surface area contributed by atoms with E-state index in [0.29, 0.717) is 0 Å². The van der Waals surface area contributed by atoms with E-state index in [9.17, 15) is 9.59 Å². The number of amidine groups is 1. The summed E-state index contributed by atoms with van der Waals surface area (Å²) >= 11 is 0. The first-order valence-electron chi connectivity index (χ1n) is 3.65. The van der Waals surface area contributed by atoms with E-state index in [2.05, 4.69) is 9.88 Å². The van der Waals surface area contributed by atoms with E-state index >= 15 is 0 Å². The molecule has 0 amide bonds. The lowest BCUT2D eigenvalue weighted by molar-refractivity contribution is -0.226. The summed E-state index contributed by atoms with van der Waals surface area (Å²) in [5.41, 5.74) is 0. The minimum Gasteiger partial charge on any atom is -0.478 e. The Balaban J connectivity index is 2.77. The molecule has 1 aliphatic heterocycles. The fourth-order valence-electron chi connectivity index (χ4n) is 1.05. The van der Waals surface area contributed by atoms with Gasteiger partial charge in [0.2, 0.25) is 12.1 Å². The summed E-state index contributed by atoms with van der Waals surface area (Å²) in [4.78, 5) is 29.0. The van der Waals surface area contributed by atoms with Gasteiger partial charge in [-0.05, 0) is 0 Å². The smallest absolute Gasteiger partial charge is 0.407 e. The van der Waals surface area contributed by atoms with Gasteiger partial charge in [-0.1, -0.05) is 0 Å². The fraction of sp³-hybridized carbons (Fsp3) is 0.500. The Morgan fingerprint density at radius 3 is 2.71 bits per heavy atom. The molecular weight excluding hydrogens is 196 g/mol. The van der Waals surface area contributed by atoms with Gasteiger partial charge in [-0.2, -0.15) is 5.26 Å². The largest absolute Gasteiger partial charge is 0.478 e. The second-order valence-corrected chi connectivity index (χ2v) is 2.49. The number of carbonyl (C=O) groups excluding carboxylic acids is 1. The highest BCUT2D eigenvalue weighted by Gasteiger charge is 2.33. The monoisotopic (exact) mass is 204 g/mol. The Morgan fingerprint density at radius 2 is 2.21 bits per heavy atom. The summed E-state index contributed by atoms with van der Waals surface area (Å²) in [6.07, 6.45) is -1.87. The molecular formula is C6H8N2O6. The lowest BCUT2D eigenvalue weighted by Gasteiger charge is -2.20. The number of carboxylic acid groups (broad SMARTS) is 1. The van der Waals surface area contributed by atoms with Crippen molar-refractivity contribution in [2.24, 2.45) is 4.99 Å². The van der Waals surface area contributed by atoms with Gasteiger partial charge in [0.25, 0.3) is 0 Å². The summed E-state index contributed by atoms with van der Waals surface area (Å²) in [6.45, 7) is 0.243. The highest BCUT2D eigenvalue weighted by Crippen LogP contribution is 2.07. The van der Waals surface area contributed by atoms with Crippen molar-refractivity contribution >= 4 is 17.8 Å². The van der Waals surface area contributed by atoms with Gasteiger partial charge < -0.3 is 15.1 Å². The summed E-state index contributed by atoms with van der Waals surface area (Å²) in [5.74, 6) is -3.10. The number of rotatable bonds is 3. The molecule has 0 fully saturated rings. The van der Waals surface area contributed by atoms with Crippen LogP contribution in [0.1, 0.15) is 0 Å². The zero-order chi connectivity index (χ0) is 10.7. The van der Waals surface area contributed by atoms with Crippen LogP contribution in [0.5, 0.6) is 0 Å². The number of aliphatic imine (C=N–C) groups is 1. The van der Waals surface area contributed by atoms with Gasteiger partial charge >= 0.3 is 11.9 Å². The predicted octanol–water partition coefficient (Wildman–Crippen LogP) is -1.88. The lowest BCUT2D eigenvalue weighted by atomic mass is 10.4. The van der Waals surface area contributed by atoms with E-state index in [4.69, 9.17) is 15.5 Å². The summed E-state index contributed by atoms with van der Waals surface area (Å²) < 4.78 is 0. The SMILES string of the molecule is O=C(OO)C1=NCCN1C(O)C(=O)O. The zero-order valence-electron chi connectivity index (χ0n) is 6.95. The van der Waals surface area contributed by atoms with Crippen LogP contribution in [0.3, 0.4) is 0 Å². The molecule has 8 nitrogen and oxygen atoms in total.